The van der Waals surface area contributed by atoms with Crippen LogP contribution in [-0.4, -0.2) is 30.4 Å². The van der Waals surface area contributed by atoms with Crippen molar-refractivity contribution in [3.63, 3.8) is 0 Å². The Labute approximate surface area is 86.9 Å². The first-order chi connectivity index (χ1) is 7.08. The van der Waals surface area contributed by atoms with E-state index in [2.05, 4.69) is 9.47 Å². The second kappa shape index (κ2) is 4.77. The molecule has 82 valence electrons. The topological polar surface area (TPSA) is 76.0 Å². The van der Waals surface area contributed by atoms with Crippen molar-refractivity contribution < 1.29 is 24.5 Å². The van der Waals surface area contributed by atoms with Crippen molar-refractivity contribution in [3.05, 3.63) is 29.3 Å². The van der Waals surface area contributed by atoms with Crippen molar-refractivity contribution in [2.75, 3.05) is 14.2 Å². The average molecular weight is 212 g/mol. The number of carbonyl (C=O) groups excluding carboxylic acids is 1. The number of carbonyl (C=O) groups is 1. The lowest BCUT2D eigenvalue weighted by Crippen LogP contribution is -2.05. The number of ether oxygens (including phenoxy) is 2. The minimum atomic E-state index is -1.18. The number of aliphatic hydroxyl groups is 1. The summed E-state index contributed by atoms with van der Waals surface area (Å²) in [5.74, 6) is -0.723. The smallest absolute Gasteiger partial charge is 0.337 e. The molecule has 0 bridgehead atoms. The third kappa shape index (κ3) is 2.68. The fourth-order valence-corrected chi connectivity index (χ4v) is 1.15. The zero-order valence-electron chi connectivity index (χ0n) is 8.43. The molecule has 15 heavy (non-hydrogen) atoms. The minimum absolute atomic E-state index is 0.135. The summed E-state index contributed by atoms with van der Waals surface area (Å²) in [6, 6.07) is 3.94. The summed E-state index contributed by atoms with van der Waals surface area (Å²) in [6.07, 6.45) is -1.18. The summed E-state index contributed by atoms with van der Waals surface area (Å²) >= 11 is 0. The van der Waals surface area contributed by atoms with Gasteiger partial charge in [0.25, 0.3) is 0 Å². The van der Waals surface area contributed by atoms with E-state index < -0.39 is 12.3 Å². The van der Waals surface area contributed by atoms with Gasteiger partial charge in [-0.05, 0) is 18.2 Å². The highest BCUT2D eigenvalue weighted by molar-refractivity contribution is 5.90. The van der Waals surface area contributed by atoms with Crippen molar-refractivity contribution in [2.45, 2.75) is 6.29 Å². The molecule has 0 saturated heterocycles. The molecule has 0 radical (unpaired) electrons. The lowest BCUT2D eigenvalue weighted by atomic mass is 10.1. The predicted octanol–water partition coefficient (Wildman–Crippen LogP) is 0.816. The molecule has 5 nitrogen and oxygen atoms in total. The first kappa shape index (κ1) is 11.5. The van der Waals surface area contributed by atoms with E-state index >= 15 is 0 Å². The molecule has 0 aliphatic carbocycles. The molecule has 1 atom stereocenters. The van der Waals surface area contributed by atoms with Gasteiger partial charge in [-0.15, -0.1) is 0 Å². The monoisotopic (exact) mass is 212 g/mol. The SMILES string of the molecule is COC(=O)c1cc(O)cc(C(O)OC)c1. The van der Waals surface area contributed by atoms with Gasteiger partial charge in [-0.3, -0.25) is 0 Å². The molecule has 0 amide bonds. The normalized spacial score (nSPS) is 12.2. The molecule has 1 unspecified atom stereocenters. The Hall–Kier alpha value is -1.59. The van der Waals surface area contributed by atoms with Crippen LogP contribution in [0.2, 0.25) is 0 Å². The van der Waals surface area contributed by atoms with E-state index in [0.29, 0.717) is 0 Å². The van der Waals surface area contributed by atoms with Crippen LogP contribution in [0.3, 0.4) is 0 Å². The Kier molecular flexibility index (Phi) is 3.65. The Bertz CT molecular complexity index is 361. The van der Waals surface area contributed by atoms with Crippen LogP contribution in [0.15, 0.2) is 18.2 Å². The molecule has 0 fully saturated rings. The number of benzene rings is 1. The summed E-state index contributed by atoms with van der Waals surface area (Å²) in [4.78, 5) is 11.2. The number of phenolic OH excluding ortho intramolecular Hbond substituents is 1. The zero-order chi connectivity index (χ0) is 11.4. The Morgan fingerprint density at radius 3 is 2.53 bits per heavy atom. The van der Waals surface area contributed by atoms with Crippen LogP contribution >= 0.6 is 0 Å². The van der Waals surface area contributed by atoms with Crippen LogP contribution in [0.25, 0.3) is 0 Å². The van der Waals surface area contributed by atoms with Crippen molar-refractivity contribution in [3.8, 4) is 5.75 Å². The first-order valence-corrected chi connectivity index (χ1v) is 4.21. The van der Waals surface area contributed by atoms with Gasteiger partial charge >= 0.3 is 5.97 Å². The molecule has 1 rings (SSSR count). The van der Waals surface area contributed by atoms with Crippen molar-refractivity contribution in [2.24, 2.45) is 0 Å². The van der Waals surface area contributed by atoms with E-state index in [9.17, 15) is 15.0 Å². The molecule has 0 aromatic heterocycles. The number of methoxy groups -OCH3 is 2. The summed E-state index contributed by atoms with van der Waals surface area (Å²) in [7, 11) is 2.55. The third-order valence-corrected chi connectivity index (χ3v) is 1.87. The molecule has 0 aliphatic rings. The zero-order valence-corrected chi connectivity index (χ0v) is 8.43. The van der Waals surface area contributed by atoms with Gasteiger partial charge in [-0.25, -0.2) is 4.79 Å². The number of rotatable bonds is 3. The quantitative estimate of drug-likeness (QED) is 0.573. The Morgan fingerprint density at radius 2 is 2.00 bits per heavy atom. The minimum Gasteiger partial charge on any atom is -0.508 e. The molecule has 0 aliphatic heterocycles. The Balaban J connectivity index is 3.10. The number of hydrogen-bond acceptors (Lipinski definition) is 5. The maximum absolute atomic E-state index is 11.2. The summed E-state index contributed by atoms with van der Waals surface area (Å²) in [6.45, 7) is 0. The fraction of sp³-hybridized carbons (Fsp3) is 0.300. The highest BCUT2D eigenvalue weighted by atomic mass is 16.6. The van der Waals surface area contributed by atoms with Crippen molar-refractivity contribution >= 4 is 5.97 Å². The summed E-state index contributed by atoms with van der Waals surface area (Å²) in [5, 5.41) is 18.7. The van der Waals surface area contributed by atoms with Gasteiger partial charge in [0.1, 0.15) is 5.75 Å². The second-order valence-electron chi connectivity index (χ2n) is 2.89. The number of phenols is 1. The van der Waals surface area contributed by atoms with E-state index in [-0.39, 0.29) is 16.9 Å². The number of aliphatic hydroxyl groups excluding tert-OH is 1. The van der Waals surface area contributed by atoms with Gasteiger partial charge in [0, 0.05) is 12.7 Å². The highest BCUT2D eigenvalue weighted by Crippen LogP contribution is 2.21. The number of aromatic hydroxyl groups is 1. The second-order valence-corrected chi connectivity index (χ2v) is 2.89. The third-order valence-electron chi connectivity index (χ3n) is 1.87. The number of esters is 1. The van der Waals surface area contributed by atoms with E-state index in [1.807, 2.05) is 0 Å². The van der Waals surface area contributed by atoms with Gasteiger partial charge in [0.15, 0.2) is 6.29 Å². The summed E-state index contributed by atoms with van der Waals surface area (Å²) < 4.78 is 9.14. The van der Waals surface area contributed by atoms with Crippen LogP contribution in [0.4, 0.5) is 0 Å². The first-order valence-electron chi connectivity index (χ1n) is 4.21. The van der Waals surface area contributed by atoms with E-state index in [1.165, 1.54) is 32.4 Å². The molecule has 2 N–H and O–H groups in total. The van der Waals surface area contributed by atoms with E-state index in [1.54, 1.807) is 0 Å². The maximum atomic E-state index is 11.2. The molecule has 0 heterocycles. The van der Waals surface area contributed by atoms with E-state index in [4.69, 9.17) is 0 Å². The molecule has 1 aromatic carbocycles. The van der Waals surface area contributed by atoms with Gasteiger partial charge < -0.3 is 19.7 Å². The summed E-state index contributed by atoms with van der Waals surface area (Å²) in [5.41, 5.74) is 0.446. The van der Waals surface area contributed by atoms with Gasteiger partial charge in [-0.2, -0.15) is 0 Å². The van der Waals surface area contributed by atoms with Crippen LogP contribution in [0.5, 0.6) is 5.75 Å². The Morgan fingerprint density at radius 1 is 1.33 bits per heavy atom. The number of hydrogen-bond donors (Lipinski definition) is 2. The molecule has 1 aromatic rings. The van der Waals surface area contributed by atoms with Crippen LogP contribution in [0, 0.1) is 0 Å². The predicted molar refractivity (Wildman–Crippen MR) is 51.4 cm³/mol. The lowest BCUT2D eigenvalue weighted by Gasteiger charge is -2.10. The van der Waals surface area contributed by atoms with Crippen LogP contribution in [-0.2, 0) is 9.47 Å². The van der Waals surface area contributed by atoms with Crippen molar-refractivity contribution in [1.29, 1.82) is 0 Å². The molecule has 5 heteroatoms. The van der Waals surface area contributed by atoms with E-state index in [0.717, 1.165) is 0 Å². The van der Waals surface area contributed by atoms with Gasteiger partial charge in [0.2, 0.25) is 0 Å². The molecule has 0 spiro atoms. The molecular formula is C10H12O5. The maximum Gasteiger partial charge on any atom is 0.337 e. The highest BCUT2D eigenvalue weighted by Gasteiger charge is 2.12. The van der Waals surface area contributed by atoms with Gasteiger partial charge in [0.05, 0.1) is 12.7 Å². The van der Waals surface area contributed by atoms with Crippen molar-refractivity contribution in [1.82, 2.24) is 0 Å². The van der Waals surface area contributed by atoms with Crippen LogP contribution < -0.4 is 0 Å². The molecule has 0 saturated carbocycles. The lowest BCUT2D eigenvalue weighted by molar-refractivity contribution is -0.0770. The standard InChI is InChI=1S/C10H12O5/c1-14-9(12)6-3-7(10(13)15-2)5-8(11)4-6/h3-5,9,11-12H,1-2H3. The molecular weight excluding hydrogens is 200 g/mol. The van der Waals surface area contributed by atoms with Gasteiger partial charge in [-0.1, -0.05) is 0 Å². The average Bonchev–Trinajstić information content (AvgIpc) is 2.26. The fourth-order valence-electron chi connectivity index (χ4n) is 1.15. The largest absolute Gasteiger partial charge is 0.508 e. The van der Waals surface area contributed by atoms with Crippen LogP contribution in [0.1, 0.15) is 22.2 Å².